The number of halogens is 2. The first kappa shape index (κ1) is 22.7. The highest BCUT2D eigenvalue weighted by atomic mass is 35.5. The van der Waals surface area contributed by atoms with Crippen molar-refractivity contribution in [2.24, 2.45) is 0 Å². The molecule has 3 rings (SSSR count). The van der Waals surface area contributed by atoms with Crippen LogP contribution >= 0.6 is 23.2 Å². The van der Waals surface area contributed by atoms with Gasteiger partial charge in [-0.15, -0.1) is 0 Å². The van der Waals surface area contributed by atoms with E-state index in [4.69, 9.17) is 32.7 Å². The van der Waals surface area contributed by atoms with E-state index in [9.17, 15) is 9.59 Å². The lowest BCUT2D eigenvalue weighted by atomic mass is 10.1. The summed E-state index contributed by atoms with van der Waals surface area (Å²) in [6, 6.07) is 14.1. The highest BCUT2D eigenvalue weighted by molar-refractivity contribution is 6.34. The Hall–Kier alpha value is -3.03. The third-order valence-corrected chi connectivity index (χ3v) is 4.92. The van der Waals surface area contributed by atoms with Gasteiger partial charge in [0.25, 0.3) is 0 Å². The normalized spacial score (nSPS) is 10.6. The molecule has 0 saturated heterocycles. The molecule has 0 aliphatic rings. The fourth-order valence-electron chi connectivity index (χ4n) is 2.86. The topological polar surface area (TPSA) is 82.5 Å². The molecule has 2 aromatic carbocycles. The van der Waals surface area contributed by atoms with E-state index in [2.05, 4.69) is 10.4 Å². The van der Waals surface area contributed by atoms with Crippen molar-refractivity contribution in [1.29, 1.82) is 0 Å². The van der Waals surface area contributed by atoms with Crippen LogP contribution in [0.25, 0.3) is 16.9 Å². The molecule has 0 aliphatic carbocycles. The molecule has 0 spiro atoms. The van der Waals surface area contributed by atoms with E-state index in [1.54, 1.807) is 38.3 Å². The summed E-state index contributed by atoms with van der Waals surface area (Å²) in [5.74, 6) is 0.328. The Balaban J connectivity index is 1.93. The maximum Gasteiger partial charge on any atom is 0.306 e. The molecule has 3 aromatic rings. The molecular weight excluding hydrogens is 441 g/mol. The molecule has 0 unspecified atom stereocenters. The van der Waals surface area contributed by atoms with Gasteiger partial charge in [0.05, 0.1) is 36.5 Å². The number of carbonyl (C=O) groups excluding carboxylic acids is 2. The smallest absolute Gasteiger partial charge is 0.306 e. The lowest BCUT2D eigenvalue weighted by Gasteiger charge is -2.10. The second kappa shape index (κ2) is 10.3. The van der Waals surface area contributed by atoms with Crippen molar-refractivity contribution >= 4 is 40.9 Å². The summed E-state index contributed by atoms with van der Waals surface area (Å²) >= 11 is 12.5. The monoisotopic (exact) mass is 461 g/mol. The molecule has 1 aromatic heterocycles. The molecule has 1 heterocycles. The van der Waals surface area contributed by atoms with Gasteiger partial charge in [0.1, 0.15) is 11.6 Å². The van der Waals surface area contributed by atoms with Crippen LogP contribution in [0.2, 0.25) is 10.0 Å². The zero-order valence-electron chi connectivity index (χ0n) is 17.0. The van der Waals surface area contributed by atoms with Crippen LogP contribution in [0.5, 0.6) is 5.75 Å². The highest BCUT2D eigenvalue weighted by Crippen LogP contribution is 2.30. The van der Waals surface area contributed by atoms with Crippen molar-refractivity contribution in [3.8, 4) is 22.7 Å². The fraction of sp³-hybridized carbons (Fsp3) is 0.227. The molecule has 0 aliphatic heterocycles. The van der Waals surface area contributed by atoms with Crippen LogP contribution in [0.1, 0.15) is 19.8 Å². The number of carbonyl (C=O) groups is 2. The van der Waals surface area contributed by atoms with E-state index in [1.807, 2.05) is 24.3 Å². The van der Waals surface area contributed by atoms with E-state index >= 15 is 0 Å². The maximum absolute atomic E-state index is 12.5. The van der Waals surface area contributed by atoms with E-state index in [1.165, 1.54) is 4.68 Å². The van der Waals surface area contributed by atoms with Crippen LogP contribution in [0.3, 0.4) is 0 Å². The van der Waals surface area contributed by atoms with E-state index in [-0.39, 0.29) is 25.4 Å². The Morgan fingerprint density at radius 2 is 1.81 bits per heavy atom. The molecule has 7 nitrogen and oxygen atoms in total. The first-order chi connectivity index (χ1) is 14.9. The molecule has 0 saturated carbocycles. The molecular formula is C22H21Cl2N3O4. The Labute approximate surface area is 189 Å². The Bertz CT molecular complexity index is 1080. The standard InChI is InChI=1S/C22H21Cl2N3O4/c1-3-31-22(29)11-10-21(28)25-20-13-18(14-4-7-16(30-2)8-5-14)26-27(20)19-12-15(23)6-9-17(19)24/h4-9,12-13H,3,10-11H2,1-2H3,(H,25,28). The largest absolute Gasteiger partial charge is 0.497 e. The molecule has 9 heteroatoms. The summed E-state index contributed by atoms with van der Waals surface area (Å²) in [5, 5.41) is 8.29. The van der Waals surface area contributed by atoms with Crippen molar-refractivity contribution in [2.75, 3.05) is 19.0 Å². The average Bonchev–Trinajstić information content (AvgIpc) is 3.17. The fourth-order valence-corrected chi connectivity index (χ4v) is 3.22. The Kier molecular flexibility index (Phi) is 7.55. The number of rotatable bonds is 8. The van der Waals surface area contributed by atoms with Crippen molar-refractivity contribution in [2.45, 2.75) is 19.8 Å². The van der Waals surface area contributed by atoms with Gasteiger partial charge in [-0.3, -0.25) is 9.59 Å². The van der Waals surface area contributed by atoms with Gasteiger partial charge in [0, 0.05) is 23.1 Å². The zero-order chi connectivity index (χ0) is 22.4. The minimum Gasteiger partial charge on any atom is -0.497 e. The van der Waals surface area contributed by atoms with Crippen molar-refractivity contribution < 1.29 is 19.1 Å². The SMILES string of the molecule is CCOC(=O)CCC(=O)Nc1cc(-c2ccc(OC)cc2)nn1-c1cc(Cl)ccc1Cl. The summed E-state index contributed by atoms with van der Waals surface area (Å²) in [6.45, 7) is 1.98. The average molecular weight is 462 g/mol. The first-order valence-electron chi connectivity index (χ1n) is 9.56. The van der Waals surface area contributed by atoms with Crippen LogP contribution in [0, 0.1) is 0 Å². The molecule has 162 valence electrons. The van der Waals surface area contributed by atoms with Gasteiger partial charge in [-0.1, -0.05) is 23.2 Å². The molecule has 1 N–H and O–H groups in total. The number of nitrogens with one attached hydrogen (secondary N) is 1. The Morgan fingerprint density at radius 1 is 1.06 bits per heavy atom. The van der Waals surface area contributed by atoms with Crippen LogP contribution in [-0.4, -0.2) is 35.4 Å². The maximum atomic E-state index is 12.5. The summed E-state index contributed by atoms with van der Waals surface area (Å²) in [5.41, 5.74) is 1.94. The second-order valence-corrected chi connectivity index (χ2v) is 7.35. The molecule has 0 bridgehead atoms. The molecule has 1 amide bonds. The number of hydrogen-bond donors (Lipinski definition) is 1. The minimum atomic E-state index is -0.428. The summed E-state index contributed by atoms with van der Waals surface area (Å²) in [7, 11) is 1.59. The van der Waals surface area contributed by atoms with Gasteiger partial charge in [0.2, 0.25) is 5.91 Å². The van der Waals surface area contributed by atoms with Crippen LogP contribution < -0.4 is 10.1 Å². The summed E-state index contributed by atoms with van der Waals surface area (Å²) in [4.78, 5) is 24.0. The predicted octanol–water partition coefficient (Wildman–Crippen LogP) is 5.14. The van der Waals surface area contributed by atoms with Crippen LogP contribution in [0.15, 0.2) is 48.5 Å². The number of hydrogen-bond acceptors (Lipinski definition) is 5. The van der Waals surface area contributed by atoms with Crippen molar-refractivity contribution in [1.82, 2.24) is 9.78 Å². The van der Waals surface area contributed by atoms with Crippen molar-refractivity contribution in [3.05, 3.63) is 58.6 Å². The van der Waals surface area contributed by atoms with Crippen molar-refractivity contribution in [3.63, 3.8) is 0 Å². The number of aromatic nitrogens is 2. The lowest BCUT2D eigenvalue weighted by Crippen LogP contribution is -2.17. The highest BCUT2D eigenvalue weighted by Gasteiger charge is 2.17. The number of ether oxygens (including phenoxy) is 2. The van der Waals surface area contributed by atoms with E-state index in [0.717, 1.165) is 5.56 Å². The number of amides is 1. The van der Waals surface area contributed by atoms with Gasteiger partial charge in [0.15, 0.2) is 0 Å². The summed E-state index contributed by atoms with van der Waals surface area (Å²) in [6.07, 6.45) is -0.0395. The molecule has 0 radical (unpaired) electrons. The van der Waals surface area contributed by atoms with Crippen LogP contribution in [-0.2, 0) is 14.3 Å². The predicted molar refractivity (Wildman–Crippen MR) is 120 cm³/mol. The number of nitrogens with zero attached hydrogens (tertiary/aromatic N) is 2. The summed E-state index contributed by atoms with van der Waals surface area (Å²) < 4.78 is 11.6. The number of anilines is 1. The van der Waals surface area contributed by atoms with Gasteiger partial charge >= 0.3 is 5.97 Å². The quantitative estimate of drug-likeness (QED) is 0.469. The molecule has 0 fully saturated rings. The second-order valence-electron chi connectivity index (χ2n) is 6.50. The van der Waals surface area contributed by atoms with E-state index in [0.29, 0.717) is 33.0 Å². The van der Waals surface area contributed by atoms with Crippen LogP contribution in [0.4, 0.5) is 5.82 Å². The number of benzene rings is 2. The third kappa shape index (κ3) is 5.77. The van der Waals surface area contributed by atoms with E-state index < -0.39 is 5.97 Å². The molecule has 31 heavy (non-hydrogen) atoms. The van der Waals surface area contributed by atoms with Gasteiger partial charge < -0.3 is 14.8 Å². The van der Waals surface area contributed by atoms with Gasteiger partial charge in [-0.05, 0) is 49.4 Å². The number of esters is 1. The van der Waals surface area contributed by atoms with Gasteiger partial charge in [-0.2, -0.15) is 5.10 Å². The lowest BCUT2D eigenvalue weighted by molar-refractivity contribution is -0.144. The minimum absolute atomic E-state index is 0.0168. The molecule has 0 atom stereocenters. The first-order valence-corrected chi connectivity index (χ1v) is 10.3. The third-order valence-electron chi connectivity index (χ3n) is 4.36. The van der Waals surface area contributed by atoms with Gasteiger partial charge in [-0.25, -0.2) is 4.68 Å². The Morgan fingerprint density at radius 3 is 2.48 bits per heavy atom. The number of methoxy groups -OCH3 is 1. The zero-order valence-corrected chi connectivity index (χ0v) is 18.5.